The van der Waals surface area contributed by atoms with Gasteiger partial charge in [0, 0.05) is 93.0 Å². The molecule has 23 nitrogen and oxygen atoms in total. The number of methoxy groups -OCH3 is 1. The highest BCUT2D eigenvalue weighted by Crippen LogP contribution is 2.51. The molecule has 6 aliphatic heterocycles. The Morgan fingerprint density at radius 2 is 1.07 bits per heavy atom. The number of anilines is 2. The van der Waals surface area contributed by atoms with Gasteiger partial charge in [0.1, 0.15) is 59.5 Å². The third-order valence-electron chi connectivity index (χ3n) is 20.1. The van der Waals surface area contributed by atoms with E-state index in [1.807, 2.05) is 83.2 Å². The standard InChI is InChI=1S/C70H94Cl2N6O17S2.C2H6/c1-37-19-17-21-41(5)69(87)35-50(90-65(85)73-69)42(6)61-67(10,94-61)53(33-57(81)77(14)48-31-46(27-37)29-39(3)59(48)71)92-63(83)44(8)75(12)55(79)23-25-96-97-26-24-56(80)76(13)45(9)64(84)93-54-34-58(82)78(15)49-32-47(30-40(4)60(49)72)28-38(2)20-18-22-52(89-16)70(88)36-51(91-66(86)74-70)43(7)62-68(54,11)95-62;1-2/h17-22,29-32,41-45,50-54,61-62,87-88H,23-28,33-36H2,1-16H3,(H,73,85)(H,74,86);1-2H3/b21-17+,22-18+,37-19+,38-20+;/i;1D2. The second-order valence-corrected chi connectivity index (χ2v) is 30.8. The predicted octanol–water partition coefficient (Wildman–Crippen LogP) is 10.5. The third kappa shape index (κ3) is 18.7. The Morgan fingerprint density at radius 1 is 0.687 bits per heavy atom. The van der Waals surface area contributed by atoms with Gasteiger partial charge < -0.3 is 63.0 Å². The van der Waals surface area contributed by atoms with E-state index in [-0.39, 0.29) is 50.3 Å². The van der Waals surface area contributed by atoms with E-state index >= 15 is 0 Å². The number of likely N-dealkylation sites (N-methyl/N-ethyl adjacent to an activating group) is 2. The van der Waals surface area contributed by atoms with Crippen LogP contribution >= 0.6 is 44.8 Å². The smallest absolute Gasteiger partial charge is 0.409 e. The fraction of sp³-hybridized carbons (Fsp3) is 0.611. The molecule has 6 heterocycles. The number of nitrogens with one attached hydrogen (secondary N) is 2. The summed E-state index contributed by atoms with van der Waals surface area (Å²) >= 11 is 13.7. The van der Waals surface area contributed by atoms with Crippen molar-refractivity contribution in [1.82, 2.24) is 20.4 Å². The molecule has 6 aliphatic rings. The number of hydrogen-bond donors (Lipinski definition) is 4. The summed E-state index contributed by atoms with van der Waals surface area (Å²) in [5.74, 6) is -4.33. The minimum absolute atomic E-state index is 0.00530. The lowest BCUT2D eigenvalue weighted by atomic mass is 9.82. The fourth-order valence-electron chi connectivity index (χ4n) is 13.1. The predicted molar refractivity (Wildman–Crippen MR) is 382 cm³/mol. The Hall–Kier alpha value is -6.16. The molecule has 4 fully saturated rings. The number of halogens is 2. The van der Waals surface area contributed by atoms with E-state index in [2.05, 4.69) is 10.6 Å². The lowest BCUT2D eigenvalue weighted by molar-refractivity contribution is -0.162. The van der Waals surface area contributed by atoms with Gasteiger partial charge in [-0.15, -0.1) is 0 Å². The van der Waals surface area contributed by atoms with Crippen LogP contribution < -0.4 is 20.4 Å². The molecular formula is C72H100Cl2N6O17S2. The van der Waals surface area contributed by atoms with Crippen LogP contribution in [-0.2, 0) is 74.8 Å². The number of amides is 6. The first kappa shape index (κ1) is 77.0. The van der Waals surface area contributed by atoms with Crippen LogP contribution in [0.15, 0.2) is 71.9 Å². The zero-order valence-corrected chi connectivity index (χ0v) is 62.9. The van der Waals surface area contributed by atoms with Crippen molar-refractivity contribution in [2.45, 2.75) is 219 Å². The van der Waals surface area contributed by atoms with E-state index in [1.165, 1.54) is 83.2 Å². The van der Waals surface area contributed by atoms with Crippen LogP contribution in [0.5, 0.6) is 0 Å². The molecule has 2 aromatic carbocycles. The quantitative estimate of drug-likeness (QED) is 0.0449. The maximum Gasteiger partial charge on any atom is 0.409 e. The number of ether oxygens (including phenoxy) is 7. The summed E-state index contributed by atoms with van der Waals surface area (Å²) in [5, 5.41) is 29.6. The highest BCUT2D eigenvalue weighted by atomic mass is 35.5. The van der Waals surface area contributed by atoms with Crippen LogP contribution in [0.1, 0.15) is 140 Å². The Morgan fingerprint density at radius 3 is 1.47 bits per heavy atom. The van der Waals surface area contributed by atoms with Crippen molar-refractivity contribution in [2.24, 2.45) is 17.8 Å². The molecule has 99 heavy (non-hydrogen) atoms. The van der Waals surface area contributed by atoms with Gasteiger partial charge in [0.25, 0.3) is 0 Å². The first-order valence-electron chi connectivity index (χ1n) is 34.4. The number of aliphatic hydroxyl groups is 2. The fourth-order valence-corrected chi connectivity index (χ4v) is 15.6. The van der Waals surface area contributed by atoms with Crippen molar-refractivity contribution in [1.29, 1.82) is 0 Å². The second-order valence-electron chi connectivity index (χ2n) is 27.3. The topological polar surface area (TPSA) is 285 Å². The van der Waals surface area contributed by atoms with E-state index in [4.69, 9.17) is 59.1 Å². The van der Waals surface area contributed by atoms with Gasteiger partial charge in [-0.05, 0) is 103 Å². The molecule has 0 aliphatic carbocycles. The molecule has 4 saturated heterocycles. The van der Waals surface area contributed by atoms with Crippen molar-refractivity contribution in [3.05, 3.63) is 104 Å². The Bertz CT molecular complexity index is 3570. The molecule has 0 saturated carbocycles. The Kier molecular flexibility index (Phi) is 25.9. The Labute approximate surface area is 602 Å². The number of epoxide rings is 2. The van der Waals surface area contributed by atoms with Crippen molar-refractivity contribution < 1.29 is 84.5 Å². The minimum atomic E-state index is -1.88. The van der Waals surface area contributed by atoms with E-state index < -0.39 is 138 Å². The molecule has 0 spiro atoms. The minimum Gasteiger partial charge on any atom is -0.457 e. The van der Waals surface area contributed by atoms with Crippen LogP contribution in [0, 0.1) is 31.6 Å². The molecule has 16 atom stereocenters. The summed E-state index contributed by atoms with van der Waals surface area (Å²) in [6, 6.07) is 5.31. The SMILES string of the molecule is COC1/C=C/C=C(\C)Cc2cc(C)c(Cl)c(c2)N(C)C(=O)CC(OC(=O)C(C)N(C)C(=O)CCSSCCC(=O)N(C)C(C)C(=O)OC2CC(=O)N(C)c3cc(cc(C)c3Cl)C/C(C)=C/C=C/C(C)C3(O)CC(OC(=O)N3)C(C)C3OC23C)C2(C)OC2C(C)C2CC1(O)NC(=O)O2.[2H]C([2H])C. The second kappa shape index (κ2) is 33.3. The van der Waals surface area contributed by atoms with Crippen LogP contribution in [0.3, 0.4) is 0 Å². The number of rotatable bonds is 14. The van der Waals surface area contributed by atoms with Gasteiger partial charge in [-0.25, -0.2) is 19.2 Å². The molecule has 27 heteroatoms. The van der Waals surface area contributed by atoms with Crippen LogP contribution in [-0.4, -0.2) is 192 Å². The van der Waals surface area contributed by atoms with Gasteiger partial charge in [-0.2, -0.15) is 0 Å². The van der Waals surface area contributed by atoms with E-state index in [0.29, 0.717) is 45.8 Å². The molecule has 8 rings (SSSR count). The molecule has 2 aromatic rings. The van der Waals surface area contributed by atoms with Crippen LogP contribution in [0.4, 0.5) is 21.0 Å². The van der Waals surface area contributed by atoms with E-state index in [9.17, 15) is 48.6 Å². The number of hydrogen-bond acceptors (Lipinski definition) is 19. The molecule has 6 amide bonds. The number of nitrogens with zero attached hydrogens (tertiary/aromatic N) is 4. The molecule has 8 bridgehead atoms. The molecule has 546 valence electrons. The van der Waals surface area contributed by atoms with Gasteiger partial charge in [0.05, 0.1) is 46.5 Å². The lowest BCUT2D eigenvalue weighted by Gasteiger charge is -2.42. The van der Waals surface area contributed by atoms with Crippen molar-refractivity contribution >= 4 is 104 Å². The lowest BCUT2D eigenvalue weighted by Crippen LogP contribution is -2.63. The van der Waals surface area contributed by atoms with E-state index in [1.54, 1.807) is 53.9 Å². The Balaban J connectivity index is 0.00000348. The molecule has 0 aromatic heterocycles. The number of aryl methyl sites for hydroxylation is 2. The van der Waals surface area contributed by atoms with Crippen molar-refractivity contribution in [2.75, 3.05) is 56.6 Å². The number of fused-ring (bicyclic) bond motifs is 10. The summed E-state index contributed by atoms with van der Waals surface area (Å²) in [6.45, 7) is 20.2. The largest absolute Gasteiger partial charge is 0.457 e. The zero-order chi connectivity index (χ0) is 75.1. The van der Waals surface area contributed by atoms with E-state index in [0.717, 1.165) is 33.4 Å². The van der Waals surface area contributed by atoms with Crippen molar-refractivity contribution in [3.8, 4) is 0 Å². The number of alkyl carbamates (subject to hydrolysis) is 2. The summed E-state index contributed by atoms with van der Waals surface area (Å²) in [4.78, 5) is 116. The number of carbonyl (C=O) groups excluding carboxylic acids is 8. The first-order valence-corrected chi connectivity index (χ1v) is 36.5. The summed E-state index contributed by atoms with van der Waals surface area (Å²) in [7, 11) is 10.2. The average molecular weight is 1460 g/mol. The highest BCUT2D eigenvalue weighted by Gasteiger charge is 2.66. The highest BCUT2D eigenvalue weighted by molar-refractivity contribution is 8.76. The van der Waals surface area contributed by atoms with Gasteiger partial charge in [-0.1, -0.05) is 139 Å². The van der Waals surface area contributed by atoms with Crippen LogP contribution in [0.25, 0.3) is 0 Å². The number of carbonyl (C=O) groups is 8. The number of benzene rings is 2. The zero-order valence-electron chi connectivity index (χ0n) is 61.7. The third-order valence-corrected chi connectivity index (χ3v) is 23.5. The summed E-state index contributed by atoms with van der Waals surface area (Å²) < 4.78 is 54.8. The van der Waals surface area contributed by atoms with Gasteiger partial charge >= 0.3 is 24.1 Å². The summed E-state index contributed by atoms with van der Waals surface area (Å²) in [5.41, 5.74) is -0.0724. The molecule has 0 radical (unpaired) electrons. The summed E-state index contributed by atoms with van der Waals surface area (Å²) in [6.07, 6.45) is 2.79. The van der Waals surface area contributed by atoms with Gasteiger partial charge in [-0.3, -0.25) is 29.8 Å². The maximum atomic E-state index is 14.5. The monoisotopic (exact) mass is 1460 g/mol. The molecule has 16 unspecified atom stereocenters. The van der Waals surface area contributed by atoms with Gasteiger partial charge in [0.2, 0.25) is 23.6 Å². The molecule has 4 N–H and O–H groups in total. The maximum absolute atomic E-state index is 14.5. The number of esters is 2. The average Bonchev–Trinajstić information content (AvgIpc) is 1.58. The van der Waals surface area contributed by atoms with Crippen LogP contribution in [0.2, 0.25) is 10.0 Å². The van der Waals surface area contributed by atoms with Gasteiger partial charge in [0.15, 0.2) is 5.72 Å². The number of allylic oxidation sites excluding steroid dienone is 6. The normalized spacial score (nSPS) is 32.9. The first-order chi connectivity index (χ1) is 47.2. The molecular weight excluding hydrogens is 1360 g/mol. The van der Waals surface area contributed by atoms with Crippen molar-refractivity contribution in [3.63, 3.8) is 0 Å².